The smallest absolute Gasteiger partial charge is 0.339 e. The lowest BCUT2D eigenvalue weighted by Gasteiger charge is -2.42. The molecule has 1 atom stereocenters. The summed E-state index contributed by atoms with van der Waals surface area (Å²) in [6.45, 7) is 9.44. The van der Waals surface area contributed by atoms with Crippen molar-refractivity contribution in [3.05, 3.63) is 88.5 Å². The number of ketones is 1. The molecule has 2 aliphatic rings. The summed E-state index contributed by atoms with van der Waals surface area (Å²) in [5.41, 5.74) is 4.82. The second kappa shape index (κ2) is 11.1. The number of Topliss-reactive ketones (excluding diaryl/α,β-unsaturated/α-hetero) is 1. The minimum atomic E-state index is -1.17. The van der Waals surface area contributed by atoms with Crippen molar-refractivity contribution in [2.24, 2.45) is 5.92 Å². The summed E-state index contributed by atoms with van der Waals surface area (Å²) in [5, 5.41) is 9.41. The van der Waals surface area contributed by atoms with Crippen molar-refractivity contribution in [3.8, 4) is 11.1 Å². The lowest BCUT2D eigenvalue weighted by Crippen LogP contribution is -2.54. The molecule has 2 heterocycles. The van der Waals surface area contributed by atoms with E-state index in [0.29, 0.717) is 30.4 Å². The lowest BCUT2D eigenvalue weighted by molar-refractivity contribution is -0.132. The Balaban J connectivity index is 1.33. The van der Waals surface area contributed by atoms with Gasteiger partial charge in [-0.05, 0) is 66.1 Å². The number of fused-ring (bicyclic) bond motifs is 1. The van der Waals surface area contributed by atoms with Crippen molar-refractivity contribution in [3.63, 3.8) is 0 Å². The number of rotatable bonds is 7. The molecule has 1 saturated heterocycles. The minimum Gasteiger partial charge on any atom is -0.478 e. The lowest BCUT2D eigenvalue weighted by atomic mass is 9.86. The van der Waals surface area contributed by atoms with Gasteiger partial charge in [0.2, 0.25) is 5.95 Å². The SMILES string of the molecule is Cc1cc(CN2CCN(c3ncc(-c4cccc(F)c4)cn3)[C@H](CC(C)C)C2)cc2c1CC=C(C(=O)O)C2=O. The number of halogens is 1. The van der Waals surface area contributed by atoms with Crippen LogP contribution in [-0.4, -0.2) is 57.4 Å². The molecule has 0 bridgehead atoms. The molecular formula is C31H33FN4O3. The standard InChI is InChI=1S/C31H33FN4O3/c1-19(2)11-25-18-35(17-21-12-20(3)26-7-8-27(30(38)39)29(37)28(26)13-21)9-10-36(25)31-33-15-23(16-34-31)22-5-4-6-24(32)14-22/h4-6,8,12-16,19,25H,7,9-11,17-18H2,1-3H3,(H,38,39)/t25-/m1/s1. The Bertz CT molecular complexity index is 1430. The number of carbonyl (C=O) groups excluding carboxylic acids is 1. The van der Waals surface area contributed by atoms with E-state index in [-0.39, 0.29) is 17.4 Å². The van der Waals surface area contributed by atoms with Gasteiger partial charge in [-0.1, -0.05) is 38.1 Å². The van der Waals surface area contributed by atoms with Crippen LogP contribution < -0.4 is 4.90 Å². The molecule has 1 fully saturated rings. The number of aromatic nitrogens is 2. The molecule has 0 unspecified atom stereocenters. The summed E-state index contributed by atoms with van der Waals surface area (Å²) in [6.07, 6.45) is 6.45. The minimum absolute atomic E-state index is 0.145. The molecule has 7 nitrogen and oxygen atoms in total. The summed E-state index contributed by atoms with van der Waals surface area (Å²) in [4.78, 5) is 38.3. The third kappa shape index (κ3) is 5.76. The molecule has 39 heavy (non-hydrogen) atoms. The number of hydrogen-bond acceptors (Lipinski definition) is 6. The van der Waals surface area contributed by atoms with Crippen LogP contribution in [0.1, 0.15) is 47.3 Å². The zero-order chi connectivity index (χ0) is 27.7. The number of allylic oxidation sites excluding steroid dienone is 1. The molecule has 0 amide bonds. The molecule has 1 aromatic heterocycles. The molecule has 1 N–H and O–H groups in total. The van der Waals surface area contributed by atoms with Crippen LogP contribution in [0.3, 0.4) is 0 Å². The second-order valence-corrected chi connectivity index (χ2v) is 10.9. The van der Waals surface area contributed by atoms with Gasteiger partial charge in [-0.3, -0.25) is 9.69 Å². The molecule has 0 radical (unpaired) electrons. The van der Waals surface area contributed by atoms with E-state index < -0.39 is 11.8 Å². The first-order chi connectivity index (χ1) is 18.7. The van der Waals surface area contributed by atoms with E-state index in [4.69, 9.17) is 0 Å². The van der Waals surface area contributed by atoms with Gasteiger partial charge in [-0.25, -0.2) is 19.2 Å². The molecule has 202 valence electrons. The van der Waals surface area contributed by atoms with Crippen LogP contribution in [0.4, 0.5) is 10.3 Å². The van der Waals surface area contributed by atoms with Crippen LogP contribution in [0.2, 0.25) is 0 Å². The zero-order valence-electron chi connectivity index (χ0n) is 22.5. The molecule has 1 aliphatic heterocycles. The summed E-state index contributed by atoms with van der Waals surface area (Å²) in [6, 6.07) is 10.6. The number of hydrogen-bond donors (Lipinski definition) is 1. The summed E-state index contributed by atoms with van der Waals surface area (Å²) in [5.74, 6) is -0.720. The van der Waals surface area contributed by atoms with Crippen molar-refractivity contribution in [1.82, 2.24) is 14.9 Å². The third-order valence-electron chi connectivity index (χ3n) is 7.53. The van der Waals surface area contributed by atoms with Gasteiger partial charge in [-0.15, -0.1) is 0 Å². The Morgan fingerprint density at radius 2 is 1.90 bits per heavy atom. The quantitative estimate of drug-likeness (QED) is 0.428. The maximum absolute atomic E-state index is 13.7. The molecule has 8 heteroatoms. The zero-order valence-corrected chi connectivity index (χ0v) is 22.5. The highest BCUT2D eigenvalue weighted by atomic mass is 19.1. The van der Waals surface area contributed by atoms with E-state index in [0.717, 1.165) is 53.9 Å². The van der Waals surface area contributed by atoms with E-state index in [1.807, 2.05) is 19.1 Å². The highest BCUT2D eigenvalue weighted by Gasteiger charge is 2.31. The van der Waals surface area contributed by atoms with Gasteiger partial charge in [0.1, 0.15) is 11.4 Å². The fraction of sp³-hybridized carbons (Fsp3) is 0.355. The van der Waals surface area contributed by atoms with Crippen LogP contribution >= 0.6 is 0 Å². The number of carbonyl (C=O) groups is 2. The van der Waals surface area contributed by atoms with Gasteiger partial charge in [-0.2, -0.15) is 0 Å². The van der Waals surface area contributed by atoms with Gasteiger partial charge >= 0.3 is 5.97 Å². The molecule has 1 aliphatic carbocycles. The van der Waals surface area contributed by atoms with E-state index >= 15 is 0 Å². The largest absolute Gasteiger partial charge is 0.478 e. The Labute approximate surface area is 228 Å². The maximum atomic E-state index is 13.7. The summed E-state index contributed by atoms with van der Waals surface area (Å²) in [7, 11) is 0. The Kier molecular flexibility index (Phi) is 7.57. The van der Waals surface area contributed by atoms with Crippen LogP contribution in [-0.2, 0) is 17.8 Å². The van der Waals surface area contributed by atoms with Crippen molar-refractivity contribution in [2.75, 3.05) is 24.5 Å². The number of carboxylic acids is 1. The fourth-order valence-corrected chi connectivity index (χ4v) is 5.70. The van der Waals surface area contributed by atoms with Crippen molar-refractivity contribution in [2.45, 2.75) is 46.2 Å². The van der Waals surface area contributed by atoms with Crippen LogP contribution in [0.15, 0.2) is 60.4 Å². The van der Waals surface area contributed by atoms with Crippen LogP contribution in [0, 0.1) is 18.7 Å². The average Bonchev–Trinajstić information content (AvgIpc) is 2.89. The topological polar surface area (TPSA) is 86.6 Å². The van der Waals surface area contributed by atoms with E-state index in [9.17, 15) is 19.1 Å². The number of piperazine rings is 1. The second-order valence-electron chi connectivity index (χ2n) is 10.9. The Morgan fingerprint density at radius 3 is 2.59 bits per heavy atom. The molecule has 0 spiro atoms. The molecule has 3 aromatic rings. The summed E-state index contributed by atoms with van der Waals surface area (Å²) < 4.78 is 13.7. The fourth-order valence-electron chi connectivity index (χ4n) is 5.70. The monoisotopic (exact) mass is 528 g/mol. The first-order valence-electron chi connectivity index (χ1n) is 13.4. The Hall–Kier alpha value is -3.91. The van der Waals surface area contributed by atoms with Gasteiger partial charge in [0.15, 0.2) is 5.78 Å². The third-order valence-corrected chi connectivity index (χ3v) is 7.53. The number of carboxylic acid groups (broad SMARTS) is 1. The Morgan fingerprint density at radius 1 is 1.13 bits per heavy atom. The van der Waals surface area contributed by atoms with E-state index in [2.05, 4.69) is 39.7 Å². The number of aryl methyl sites for hydroxylation is 1. The first-order valence-corrected chi connectivity index (χ1v) is 13.4. The average molecular weight is 529 g/mol. The van der Waals surface area contributed by atoms with E-state index in [1.165, 1.54) is 18.2 Å². The maximum Gasteiger partial charge on any atom is 0.339 e. The van der Waals surface area contributed by atoms with Gasteiger partial charge in [0, 0.05) is 55.7 Å². The van der Waals surface area contributed by atoms with Crippen molar-refractivity contribution < 1.29 is 19.1 Å². The van der Waals surface area contributed by atoms with Crippen molar-refractivity contribution >= 4 is 17.7 Å². The van der Waals surface area contributed by atoms with Crippen LogP contribution in [0.25, 0.3) is 11.1 Å². The van der Waals surface area contributed by atoms with Gasteiger partial charge < -0.3 is 10.0 Å². The number of aliphatic carboxylic acids is 1. The number of anilines is 1. The highest BCUT2D eigenvalue weighted by Crippen LogP contribution is 2.28. The summed E-state index contributed by atoms with van der Waals surface area (Å²) >= 11 is 0. The van der Waals surface area contributed by atoms with Crippen molar-refractivity contribution in [1.29, 1.82) is 0 Å². The number of nitrogens with zero attached hydrogens (tertiary/aromatic N) is 4. The highest BCUT2D eigenvalue weighted by molar-refractivity contribution is 6.25. The molecule has 0 saturated carbocycles. The predicted octanol–water partition coefficient (Wildman–Crippen LogP) is 5.08. The first kappa shape index (κ1) is 26.7. The van der Waals surface area contributed by atoms with Gasteiger partial charge in [0.25, 0.3) is 0 Å². The predicted molar refractivity (Wildman–Crippen MR) is 148 cm³/mol. The number of benzene rings is 2. The molecule has 2 aromatic carbocycles. The van der Waals surface area contributed by atoms with Gasteiger partial charge in [0.05, 0.1) is 0 Å². The van der Waals surface area contributed by atoms with E-state index in [1.54, 1.807) is 18.5 Å². The van der Waals surface area contributed by atoms with Crippen LogP contribution in [0.5, 0.6) is 0 Å². The normalized spacial score (nSPS) is 17.8. The molecular weight excluding hydrogens is 495 g/mol. The molecule has 5 rings (SSSR count).